The standard InChI is InChI=1S/C13H21N3O2S/c1-15(2)7-8-16(3)13-14-11-9(12(17)18)5-4-6-10(11)19-13/h9H,4-8H2,1-3H3,(H,17,18). The van der Waals surface area contributed by atoms with Crippen molar-refractivity contribution in [3.63, 3.8) is 0 Å². The van der Waals surface area contributed by atoms with E-state index >= 15 is 0 Å². The molecule has 1 aliphatic rings. The average molecular weight is 283 g/mol. The Morgan fingerprint density at radius 2 is 2.16 bits per heavy atom. The van der Waals surface area contributed by atoms with Gasteiger partial charge in [-0.25, -0.2) is 4.98 Å². The van der Waals surface area contributed by atoms with Gasteiger partial charge in [0.25, 0.3) is 0 Å². The molecular weight excluding hydrogens is 262 g/mol. The average Bonchev–Trinajstić information content (AvgIpc) is 2.78. The van der Waals surface area contributed by atoms with Crippen LogP contribution in [-0.2, 0) is 11.2 Å². The van der Waals surface area contributed by atoms with E-state index in [0.717, 1.165) is 41.6 Å². The molecule has 1 aromatic rings. The maximum Gasteiger partial charge on any atom is 0.312 e. The topological polar surface area (TPSA) is 56.7 Å². The summed E-state index contributed by atoms with van der Waals surface area (Å²) in [7, 11) is 6.10. The van der Waals surface area contributed by atoms with Crippen molar-refractivity contribution in [2.75, 3.05) is 39.1 Å². The highest BCUT2D eigenvalue weighted by molar-refractivity contribution is 7.15. The molecule has 0 amide bonds. The highest BCUT2D eigenvalue weighted by Crippen LogP contribution is 2.37. The number of aromatic nitrogens is 1. The first-order valence-corrected chi connectivity index (χ1v) is 7.39. The second-order valence-electron chi connectivity index (χ2n) is 5.31. The van der Waals surface area contributed by atoms with Gasteiger partial charge in [-0.05, 0) is 33.4 Å². The first-order chi connectivity index (χ1) is 8.99. The number of hydrogen-bond acceptors (Lipinski definition) is 5. The second-order valence-corrected chi connectivity index (χ2v) is 6.37. The third kappa shape index (κ3) is 3.25. The van der Waals surface area contributed by atoms with E-state index in [1.54, 1.807) is 11.3 Å². The van der Waals surface area contributed by atoms with Gasteiger partial charge in [-0.1, -0.05) is 0 Å². The lowest BCUT2D eigenvalue weighted by atomic mass is 9.91. The van der Waals surface area contributed by atoms with Crippen LogP contribution in [0.4, 0.5) is 5.13 Å². The van der Waals surface area contributed by atoms with Crippen molar-refractivity contribution in [1.29, 1.82) is 0 Å². The van der Waals surface area contributed by atoms with Crippen molar-refractivity contribution in [2.45, 2.75) is 25.2 Å². The number of fused-ring (bicyclic) bond motifs is 1. The molecule has 0 bridgehead atoms. The number of carbonyl (C=O) groups is 1. The van der Waals surface area contributed by atoms with Gasteiger partial charge in [0.05, 0.1) is 5.69 Å². The number of nitrogens with zero attached hydrogens (tertiary/aromatic N) is 3. The minimum absolute atomic E-state index is 0.406. The molecule has 0 saturated carbocycles. The van der Waals surface area contributed by atoms with Crippen molar-refractivity contribution < 1.29 is 9.90 Å². The first-order valence-electron chi connectivity index (χ1n) is 6.57. The number of rotatable bonds is 5. The van der Waals surface area contributed by atoms with Crippen LogP contribution in [0.5, 0.6) is 0 Å². The summed E-state index contributed by atoms with van der Waals surface area (Å²) in [6.45, 7) is 1.86. The van der Waals surface area contributed by atoms with E-state index in [0.29, 0.717) is 6.42 Å². The predicted molar refractivity (Wildman–Crippen MR) is 77.3 cm³/mol. The van der Waals surface area contributed by atoms with Crippen LogP contribution in [0.15, 0.2) is 0 Å². The summed E-state index contributed by atoms with van der Waals surface area (Å²) in [5.41, 5.74) is 0.801. The predicted octanol–water partition coefficient (Wildman–Crippen LogP) is 1.65. The zero-order chi connectivity index (χ0) is 14.0. The Morgan fingerprint density at radius 3 is 2.79 bits per heavy atom. The Kier molecular flexibility index (Phi) is 4.42. The van der Waals surface area contributed by atoms with E-state index in [1.165, 1.54) is 0 Å². The molecule has 0 aliphatic heterocycles. The Hall–Kier alpha value is -1.14. The maximum atomic E-state index is 11.3. The second kappa shape index (κ2) is 5.88. The summed E-state index contributed by atoms with van der Waals surface area (Å²) in [4.78, 5) is 21.2. The molecule has 6 heteroatoms. The molecule has 2 rings (SSSR count). The molecule has 0 fully saturated rings. The minimum Gasteiger partial charge on any atom is -0.481 e. The Balaban J connectivity index is 2.14. The molecule has 0 spiro atoms. The van der Waals surface area contributed by atoms with Gasteiger partial charge >= 0.3 is 5.97 Å². The molecule has 0 radical (unpaired) electrons. The van der Waals surface area contributed by atoms with Gasteiger partial charge in [0.2, 0.25) is 0 Å². The molecule has 1 atom stereocenters. The van der Waals surface area contributed by atoms with Crippen LogP contribution >= 0.6 is 11.3 Å². The molecule has 5 nitrogen and oxygen atoms in total. The van der Waals surface area contributed by atoms with Crippen LogP contribution in [0.1, 0.15) is 29.3 Å². The van der Waals surface area contributed by atoms with E-state index in [-0.39, 0.29) is 0 Å². The maximum absolute atomic E-state index is 11.3. The molecular formula is C13H21N3O2S. The number of anilines is 1. The summed E-state index contributed by atoms with van der Waals surface area (Å²) in [5, 5.41) is 10.2. The quantitative estimate of drug-likeness (QED) is 0.890. The fourth-order valence-corrected chi connectivity index (χ4v) is 3.41. The lowest BCUT2D eigenvalue weighted by molar-refractivity contribution is -0.139. The molecule has 1 unspecified atom stereocenters. The van der Waals surface area contributed by atoms with Gasteiger partial charge in [-0.15, -0.1) is 11.3 Å². The van der Waals surface area contributed by atoms with Crippen LogP contribution in [0.2, 0.25) is 0 Å². The Labute approximate surface area is 117 Å². The molecule has 1 aliphatic carbocycles. The van der Waals surface area contributed by atoms with E-state index in [1.807, 2.05) is 21.1 Å². The van der Waals surface area contributed by atoms with Crippen LogP contribution in [0, 0.1) is 0 Å². The number of aryl methyl sites for hydroxylation is 1. The smallest absolute Gasteiger partial charge is 0.312 e. The number of thiazole rings is 1. The minimum atomic E-state index is -0.742. The van der Waals surface area contributed by atoms with Crippen LogP contribution in [0.25, 0.3) is 0 Å². The third-order valence-corrected chi connectivity index (χ3v) is 4.70. The summed E-state index contributed by atoms with van der Waals surface area (Å²) < 4.78 is 0. The van der Waals surface area contributed by atoms with E-state index in [4.69, 9.17) is 0 Å². The van der Waals surface area contributed by atoms with Gasteiger partial charge in [-0.2, -0.15) is 0 Å². The number of carboxylic acid groups (broad SMARTS) is 1. The summed E-state index contributed by atoms with van der Waals surface area (Å²) >= 11 is 1.65. The summed E-state index contributed by atoms with van der Waals surface area (Å²) in [5.74, 6) is -1.15. The summed E-state index contributed by atoms with van der Waals surface area (Å²) in [6.07, 6.45) is 2.64. The van der Waals surface area contributed by atoms with E-state index in [2.05, 4.69) is 14.8 Å². The SMILES string of the molecule is CN(C)CCN(C)c1nc2c(s1)CCCC2C(=O)O. The van der Waals surface area contributed by atoms with Gasteiger partial charge in [0.15, 0.2) is 5.13 Å². The fraction of sp³-hybridized carbons (Fsp3) is 0.692. The van der Waals surface area contributed by atoms with Crippen LogP contribution in [0.3, 0.4) is 0 Å². The highest BCUT2D eigenvalue weighted by atomic mass is 32.1. The van der Waals surface area contributed by atoms with E-state index < -0.39 is 11.9 Å². The number of likely N-dealkylation sites (N-methyl/N-ethyl adjacent to an activating group) is 2. The first kappa shape index (κ1) is 14.3. The molecule has 1 heterocycles. The number of carboxylic acids is 1. The van der Waals surface area contributed by atoms with Crippen molar-refractivity contribution >= 4 is 22.4 Å². The summed E-state index contributed by atoms with van der Waals surface area (Å²) in [6, 6.07) is 0. The molecule has 106 valence electrons. The number of aliphatic carboxylic acids is 1. The van der Waals surface area contributed by atoms with Gasteiger partial charge in [-0.3, -0.25) is 4.79 Å². The fourth-order valence-electron chi connectivity index (χ4n) is 2.25. The largest absolute Gasteiger partial charge is 0.481 e. The van der Waals surface area contributed by atoms with Gasteiger partial charge < -0.3 is 14.9 Å². The zero-order valence-electron chi connectivity index (χ0n) is 11.7. The Bertz CT molecular complexity index is 459. The third-order valence-electron chi connectivity index (χ3n) is 3.45. The monoisotopic (exact) mass is 283 g/mol. The van der Waals surface area contributed by atoms with Crippen molar-refractivity contribution in [1.82, 2.24) is 9.88 Å². The molecule has 1 aromatic heterocycles. The lowest BCUT2D eigenvalue weighted by Gasteiger charge is -2.18. The Morgan fingerprint density at radius 1 is 1.42 bits per heavy atom. The van der Waals surface area contributed by atoms with E-state index in [9.17, 15) is 9.90 Å². The van der Waals surface area contributed by atoms with Gasteiger partial charge in [0, 0.05) is 25.0 Å². The zero-order valence-corrected chi connectivity index (χ0v) is 12.5. The lowest BCUT2D eigenvalue weighted by Crippen LogP contribution is -2.28. The van der Waals surface area contributed by atoms with Crippen LogP contribution < -0.4 is 4.90 Å². The molecule has 0 aromatic carbocycles. The van der Waals surface area contributed by atoms with Gasteiger partial charge in [0.1, 0.15) is 5.92 Å². The molecule has 1 N–H and O–H groups in total. The van der Waals surface area contributed by atoms with Crippen molar-refractivity contribution in [3.8, 4) is 0 Å². The highest BCUT2D eigenvalue weighted by Gasteiger charge is 2.30. The number of hydrogen-bond donors (Lipinski definition) is 1. The van der Waals surface area contributed by atoms with Crippen molar-refractivity contribution in [2.24, 2.45) is 0 Å². The molecule has 0 saturated heterocycles. The van der Waals surface area contributed by atoms with Crippen LogP contribution in [-0.4, -0.2) is 55.2 Å². The molecule has 19 heavy (non-hydrogen) atoms. The van der Waals surface area contributed by atoms with Crippen molar-refractivity contribution in [3.05, 3.63) is 10.6 Å². The normalized spacial score (nSPS) is 18.4.